The van der Waals surface area contributed by atoms with Crippen LogP contribution in [-0.4, -0.2) is 49.7 Å². The third kappa shape index (κ3) is 5.34. The second-order valence-electron chi connectivity index (χ2n) is 8.77. The highest BCUT2D eigenvalue weighted by molar-refractivity contribution is 7.89. The van der Waals surface area contributed by atoms with Gasteiger partial charge in [0, 0.05) is 37.4 Å². The minimum atomic E-state index is -3.44. The average Bonchev–Trinajstić information content (AvgIpc) is 3.31. The van der Waals surface area contributed by atoms with E-state index in [2.05, 4.69) is 17.1 Å². The highest BCUT2D eigenvalue weighted by Gasteiger charge is 2.27. The number of piperidine rings is 1. The number of nitrogens with zero attached hydrogens (tertiary/aromatic N) is 2. The van der Waals surface area contributed by atoms with E-state index in [9.17, 15) is 13.2 Å². The lowest BCUT2D eigenvalue weighted by Gasteiger charge is -2.30. The molecule has 1 N–H and O–H groups in total. The zero-order valence-corrected chi connectivity index (χ0v) is 18.9. The van der Waals surface area contributed by atoms with E-state index < -0.39 is 10.0 Å². The summed E-state index contributed by atoms with van der Waals surface area (Å²) in [5, 5.41) is 2.86. The Bertz CT molecular complexity index is 997. The number of benzene rings is 2. The summed E-state index contributed by atoms with van der Waals surface area (Å²) in [7, 11) is -3.44. The number of sulfonamides is 1. The summed E-state index contributed by atoms with van der Waals surface area (Å²) in [6, 6.07) is 14.1. The largest absolute Gasteiger partial charge is 0.322 e. The van der Waals surface area contributed by atoms with E-state index in [1.165, 1.54) is 22.7 Å². The van der Waals surface area contributed by atoms with Crippen LogP contribution in [0.25, 0.3) is 0 Å². The molecule has 2 aromatic rings. The van der Waals surface area contributed by atoms with E-state index in [1.54, 1.807) is 24.3 Å². The molecule has 1 amide bonds. The molecule has 1 atom stereocenters. The fraction of sp³-hybridized carbons (Fsp3) is 0.458. The van der Waals surface area contributed by atoms with E-state index >= 15 is 0 Å². The summed E-state index contributed by atoms with van der Waals surface area (Å²) in [6.45, 7) is 6.64. The van der Waals surface area contributed by atoms with Gasteiger partial charge in [-0.3, -0.25) is 9.69 Å². The molecule has 2 heterocycles. The lowest BCUT2D eigenvalue weighted by molar-refractivity contribution is 0.102. The predicted molar refractivity (Wildman–Crippen MR) is 123 cm³/mol. The van der Waals surface area contributed by atoms with Crippen molar-refractivity contribution in [3.63, 3.8) is 0 Å². The summed E-state index contributed by atoms with van der Waals surface area (Å²) < 4.78 is 26.8. The molecular formula is C24H31N3O3S. The summed E-state index contributed by atoms with van der Waals surface area (Å²) in [5.74, 6) is 0.545. The van der Waals surface area contributed by atoms with Gasteiger partial charge in [0.25, 0.3) is 5.91 Å². The molecule has 166 valence electrons. The van der Waals surface area contributed by atoms with Gasteiger partial charge >= 0.3 is 0 Å². The normalized spacial score (nSPS) is 20.6. The Balaban J connectivity index is 1.35. The fourth-order valence-electron chi connectivity index (χ4n) is 4.44. The maximum atomic E-state index is 12.6. The molecule has 1 unspecified atom stereocenters. The lowest BCUT2D eigenvalue weighted by Crippen LogP contribution is -2.33. The topological polar surface area (TPSA) is 69.7 Å². The second kappa shape index (κ2) is 9.51. The summed E-state index contributed by atoms with van der Waals surface area (Å²) in [4.78, 5) is 15.3. The molecule has 2 aliphatic heterocycles. The highest BCUT2D eigenvalue weighted by atomic mass is 32.2. The van der Waals surface area contributed by atoms with Gasteiger partial charge in [-0.05, 0) is 80.1 Å². The van der Waals surface area contributed by atoms with Crippen LogP contribution in [0.1, 0.15) is 48.5 Å². The van der Waals surface area contributed by atoms with Crippen LogP contribution >= 0.6 is 0 Å². The molecule has 0 aromatic heterocycles. The number of likely N-dealkylation sites (tertiary alicyclic amines) is 1. The van der Waals surface area contributed by atoms with Crippen molar-refractivity contribution in [1.82, 2.24) is 9.21 Å². The van der Waals surface area contributed by atoms with E-state index in [0.717, 1.165) is 38.4 Å². The molecule has 2 saturated heterocycles. The maximum Gasteiger partial charge on any atom is 0.255 e. The monoisotopic (exact) mass is 441 g/mol. The average molecular weight is 442 g/mol. The molecular weight excluding hydrogens is 410 g/mol. The Morgan fingerprint density at radius 2 is 1.65 bits per heavy atom. The Morgan fingerprint density at radius 3 is 2.29 bits per heavy atom. The van der Waals surface area contributed by atoms with Crippen molar-refractivity contribution in [1.29, 1.82) is 0 Å². The van der Waals surface area contributed by atoms with Crippen LogP contribution in [0.2, 0.25) is 0 Å². The molecule has 6 nitrogen and oxygen atoms in total. The first-order valence-electron chi connectivity index (χ1n) is 11.1. The Kier molecular flexibility index (Phi) is 6.74. The molecule has 2 aromatic carbocycles. The minimum absolute atomic E-state index is 0.201. The van der Waals surface area contributed by atoms with Gasteiger partial charge in [0.15, 0.2) is 0 Å². The lowest BCUT2D eigenvalue weighted by atomic mass is 9.99. The van der Waals surface area contributed by atoms with Crippen LogP contribution < -0.4 is 5.32 Å². The molecule has 0 bridgehead atoms. The van der Waals surface area contributed by atoms with Gasteiger partial charge in [0.2, 0.25) is 10.0 Å². The van der Waals surface area contributed by atoms with Gasteiger partial charge in [-0.25, -0.2) is 8.42 Å². The van der Waals surface area contributed by atoms with Crippen molar-refractivity contribution in [3.05, 3.63) is 59.7 Å². The number of rotatable bonds is 6. The van der Waals surface area contributed by atoms with E-state index in [0.29, 0.717) is 24.3 Å². The first kappa shape index (κ1) is 22.0. The van der Waals surface area contributed by atoms with Gasteiger partial charge in [0.1, 0.15) is 0 Å². The van der Waals surface area contributed by atoms with Crippen molar-refractivity contribution in [2.24, 2.45) is 5.92 Å². The fourth-order valence-corrected chi connectivity index (χ4v) is 5.96. The standard InChI is InChI=1S/C24H31N3O3S/c1-19-5-4-14-26(17-19)18-20-6-8-21(9-7-20)24(28)25-22-10-12-23(13-11-22)31(29,30)27-15-2-3-16-27/h6-13,19H,2-5,14-18H2,1H3,(H,25,28). The number of nitrogens with one attached hydrogen (secondary N) is 1. The number of anilines is 1. The van der Waals surface area contributed by atoms with Crippen LogP contribution in [0.3, 0.4) is 0 Å². The second-order valence-corrected chi connectivity index (χ2v) is 10.7. The SMILES string of the molecule is CC1CCCN(Cc2ccc(C(=O)Nc3ccc(S(=O)(=O)N4CCCC4)cc3)cc2)C1. The Hall–Kier alpha value is -2.22. The van der Waals surface area contributed by atoms with Crippen LogP contribution in [0.4, 0.5) is 5.69 Å². The zero-order chi connectivity index (χ0) is 21.8. The van der Waals surface area contributed by atoms with Crippen LogP contribution in [0.15, 0.2) is 53.4 Å². The van der Waals surface area contributed by atoms with Gasteiger partial charge in [-0.15, -0.1) is 0 Å². The van der Waals surface area contributed by atoms with Crippen LogP contribution in [-0.2, 0) is 16.6 Å². The first-order valence-corrected chi connectivity index (χ1v) is 12.6. The number of carbonyl (C=O) groups is 1. The van der Waals surface area contributed by atoms with Crippen molar-refractivity contribution in [2.45, 2.75) is 44.0 Å². The van der Waals surface area contributed by atoms with Crippen molar-refractivity contribution >= 4 is 21.6 Å². The smallest absolute Gasteiger partial charge is 0.255 e. The number of hydrogen-bond acceptors (Lipinski definition) is 4. The zero-order valence-electron chi connectivity index (χ0n) is 18.1. The molecule has 31 heavy (non-hydrogen) atoms. The van der Waals surface area contributed by atoms with Gasteiger partial charge in [-0.2, -0.15) is 4.31 Å². The Labute approximate surface area is 185 Å². The number of amides is 1. The van der Waals surface area contributed by atoms with Gasteiger partial charge in [0.05, 0.1) is 4.90 Å². The summed E-state index contributed by atoms with van der Waals surface area (Å²) >= 11 is 0. The van der Waals surface area contributed by atoms with E-state index in [1.807, 2.05) is 24.3 Å². The van der Waals surface area contributed by atoms with Crippen molar-refractivity contribution in [3.8, 4) is 0 Å². The van der Waals surface area contributed by atoms with E-state index in [4.69, 9.17) is 0 Å². The quantitative estimate of drug-likeness (QED) is 0.737. The molecule has 0 radical (unpaired) electrons. The first-order chi connectivity index (χ1) is 14.9. The predicted octanol–water partition coefficient (Wildman–Crippen LogP) is 3.96. The van der Waals surface area contributed by atoms with Crippen LogP contribution in [0.5, 0.6) is 0 Å². The molecule has 0 aliphatic carbocycles. The molecule has 0 spiro atoms. The maximum absolute atomic E-state index is 12.6. The molecule has 4 rings (SSSR count). The third-order valence-electron chi connectivity index (χ3n) is 6.18. The van der Waals surface area contributed by atoms with Gasteiger partial charge in [-0.1, -0.05) is 19.1 Å². The molecule has 2 aliphatic rings. The molecule has 7 heteroatoms. The minimum Gasteiger partial charge on any atom is -0.322 e. The third-order valence-corrected chi connectivity index (χ3v) is 8.09. The van der Waals surface area contributed by atoms with Gasteiger partial charge < -0.3 is 5.32 Å². The van der Waals surface area contributed by atoms with E-state index in [-0.39, 0.29) is 10.8 Å². The highest BCUT2D eigenvalue weighted by Crippen LogP contribution is 2.23. The molecule has 0 saturated carbocycles. The van der Waals surface area contributed by atoms with Crippen molar-refractivity contribution in [2.75, 3.05) is 31.5 Å². The number of hydrogen-bond donors (Lipinski definition) is 1. The number of carbonyl (C=O) groups excluding carboxylic acids is 1. The molecule has 2 fully saturated rings. The summed E-state index contributed by atoms with van der Waals surface area (Å²) in [6.07, 6.45) is 4.37. The van der Waals surface area contributed by atoms with Crippen LogP contribution in [0, 0.1) is 5.92 Å². The van der Waals surface area contributed by atoms with Crippen molar-refractivity contribution < 1.29 is 13.2 Å². The Morgan fingerprint density at radius 1 is 0.968 bits per heavy atom. The summed E-state index contributed by atoms with van der Waals surface area (Å²) in [5.41, 5.74) is 2.38.